The molecular formula is C29H27N3O3S. The number of benzene rings is 2. The fraction of sp³-hybridized carbons (Fsp3) is 0.207. The van der Waals surface area contributed by atoms with Crippen molar-refractivity contribution in [3.63, 3.8) is 0 Å². The van der Waals surface area contributed by atoms with E-state index in [1.807, 2.05) is 61.5 Å². The summed E-state index contributed by atoms with van der Waals surface area (Å²) in [5.74, 6) is -0.467. The Kier molecular flexibility index (Phi) is 6.33. The quantitative estimate of drug-likeness (QED) is 0.388. The summed E-state index contributed by atoms with van der Waals surface area (Å²) in [4.78, 5) is 32.0. The van der Waals surface area contributed by atoms with E-state index in [-0.39, 0.29) is 5.56 Å². The Balaban J connectivity index is 1.73. The van der Waals surface area contributed by atoms with Crippen LogP contribution in [-0.4, -0.2) is 22.2 Å². The Labute approximate surface area is 213 Å². The molecule has 0 radical (unpaired) electrons. The molecule has 0 spiro atoms. The second-order valence-corrected chi connectivity index (χ2v) is 9.71. The van der Waals surface area contributed by atoms with Gasteiger partial charge in [-0.3, -0.25) is 9.36 Å². The van der Waals surface area contributed by atoms with Crippen molar-refractivity contribution < 1.29 is 9.53 Å². The molecule has 2 aromatic heterocycles. The number of nitrogens with zero attached hydrogens (tertiary/aromatic N) is 3. The van der Waals surface area contributed by atoms with Crippen LogP contribution in [0.1, 0.15) is 41.9 Å². The van der Waals surface area contributed by atoms with E-state index in [0.717, 1.165) is 28.2 Å². The Hall–Kier alpha value is -3.97. The van der Waals surface area contributed by atoms with Crippen LogP contribution in [0.15, 0.2) is 87.8 Å². The summed E-state index contributed by atoms with van der Waals surface area (Å²) in [5.41, 5.74) is 5.91. The zero-order chi connectivity index (χ0) is 25.4. The number of fused-ring (bicyclic) bond motifs is 1. The van der Waals surface area contributed by atoms with Crippen molar-refractivity contribution in [2.45, 2.75) is 33.2 Å². The van der Waals surface area contributed by atoms with Crippen molar-refractivity contribution in [1.29, 1.82) is 0 Å². The molecule has 2 aromatic carbocycles. The van der Waals surface area contributed by atoms with Gasteiger partial charge in [-0.15, -0.1) is 0 Å². The molecule has 0 saturated heterocycles. The normalized spacial score (nSPS) is 15.6. The van der Waals surface area contributed by atoms with Crippen molar-refractivity contribution in [1.82, 2.24) is 9.13 Å². The van der Waals surface area contributed by atoms with Crippen LogP contribution in [0.3, 0.4) is 0 Å². The molecule has 0 bridgehead atoms. The fourth-order valence-electron chi connectivity index (χ4n) is 4.86. The van der Waals surface area contributed by atoms with Gasteiger partial charge in [-0.2, -0.15) is 0 Å². The third-order valence-corrected chi connectivity index (χ3v) is 7.52. The van der Waals surface area contributed by atoms with Gasteiger partial charge in [0.25, 0.3) is 5.56 Å². The van der Waals surface area contributed by atoms with E-state index in [0.29, 0.717) is 27.0 Å². The van der Waals surface area contributed by atoms with Crippen LogP contribution in [0.4, 0.5) is 0 Å². The summed E-state index contributed by atoms with van der Waals surface area (Å²) in [5, 5.41) is 0. The minimum Gasteiger partial charge on any atom is -0.466 e. The summed E-state index contributed by atoms with van der Waals surface area (Å²) in [6, 6.07) is 21.2. The van der Waals surface area contributed by atoms with Gasteiger partial charge in [0, 0.05) is 17.1 Å². The molecule has 7 heteroatoms. The first-order chi connectivity index (χ1) is 17.4. The number of ether oxygens (including phenoxy) is 1. The van der Waals surface area contributed by atoms with Crippen LogP contribution in [0.2, 0.25) is 0 Å². The maximum absolute atomic E-state index is 13.8. The van der Waals surface area contributed by atoms with Gasteiger partial charge < -0.3 is 9.30 Å². The largest absolute Gasteiger partial charge is 0.466 e. The monoisotopic (exact) mass is 497 g/mol. The summed E-state index contributed by atoms with van der Waals surface area (Å²) in [6.45, 7) is 6.07. The summed E-state index contributed by atoms with van der Waals surface area (Å²) in [6.07, 6.45) is 2.48. The molecule has 0 aliphatic carbocycles. The number of para-hydroxylation sites is 1. The lowest BCUT2D eigenvalue weighted by atomic mass is 9.95. The van der Waals surface area contributed by atoms with Crippen LogP contribution >= 0.6 is 11.3 Å². The minimum absolute atomic E-state index is 0.173. The van der Waals surface area contributed by atoms with Gasteiger partial charge in [-0.25, -0.2) is 9.79 Å². The van der Waals surface area contributed by atoms with Gasteiger partial charge in [0.05, 0.1) is 29.0 Å². The predicted molar refractivity (Wildman–Crippen MR) is 142 cm³/mol. The number of allylic oxidation sites excluding steroid dienone is 1. The van der Waals surface area contributed by atoms with E-state index in [9.17, 15) is 9.59 Å². The van der Waals surface area contributed by atoms with Gasteiger partial charge in [0.2, 0.25) is 0 Å². The maximum atomic E-state index is 13.8. The smallest absolute Gasteiger partial charge is 0.338 e. The number of esters is 1. The van der Waals surface area contributed by atoms with Gasteiger partial charge in [-0.1, -0.05) is 66.8 Å². The SMILES string of the molecule is CCC1=C(C(=O)OC)[C@H](c2ccccc2)n2c(s/c(=C/c3cc(C)n(-c4ccccc4)c3C)c2=O)=N1. The van der Waals surface area contributed by atoms with Gasteiger partial charge in [0.1, 0.15) is 0 Å². The highest BCUT2D eigenvalue weighted by molar-refractivity contribution is 7.07. The van der Waals surface area contributed by atoms with Crippen LogP contribution in [0.25, 0.3) is 11.8 Å². The molecule has 1 aliphatic rings. The van der Waals surface area contributed by atoms with Crippen LogP contribution in [-0.2, 0) is 9.53 Å². The van der Waals surface area contributed by atoms with E-state index in [1.54, 1.807) is 4.57 Å². The standard InChI is InChI=1S/C29H27N3O3S/c1-5-23-25(28(34)35-4)26(20-12-8-6-9-13-20)32-27(33)24(36-29(32)30-23)17-21-16-18(2)31(19(21)3)22-14-10-7-11-15-22/h6-17,26H,5H2,1-4H3/b24-17+/t26-/m0/s1. The van der Waals surface area contributed by atoms with E-state index in [2.05, 4.69) is 36.6 Å². The van der Waals surface area contributed by atoms with E-state index in [1.165, 1.54) is 18.4 Å². The molecule has 0 fully saturated rings. The zero-order valence-electron chi connectivity index (χ0n) is 20.7. The lowest BCUT2D eigenvalue weighted by Gasteiger charge is -2.25. The molecule has 4 aromatic rings. The summed E-state index contributed by atoms with van der Waals surface area (Å²) < 4.78 is 9.51. The number of thiazole rings is 1. The first-order valence-corrected chi connectivity index (χ1v) is 12.7. The lowest BCUT2D eigenvalue weighted by molar-refractivity contribution is -0.136. The van der Waals surface area contributed by atoms with E-state index in [4.69, 9.17) is 9.73 Å². The fourth-order valence-corrected chi connectivity index (χ4v) is 5.88. The number of carbonyl (C=O) groups is 1. The number of methoxy groups -OCH3 is 1. The number of hydrogen-bond donors (Lipinski definition) is 0. The van der Waals surface area contributed by atoms with Crippen molar-refractivity contribution in [2.75, 3.05) is 7.11 Å². The minimum atomic E-state index is -0.594. The number of hydrogen-bond acceptors (Lipinski definition) is 5. The van der Waals surface area contributed by atoms with Gasteiger partial charge >= 0.3 is 5.97 Å². The average molecular weight is 498 g/mol. The number of carbonyl (C=O) groups excluding carboxylic acids is 1. The highest BCUT2D eigenvalue weighted by Gasteiger charge is 2.33. The third-order valence-electron chi connectivity index (χ3n) is 6.54. The van der Waals surface area contributed by atoms with Crippen LogP contribution in [0, 0.1) is 13.8 Å². The maximum Gasteiger partial charge on any atom is 0.338 e. The molecule has 0 unspecified atom stereocenters. The molecule has 182 valence electrons. The molecule has 1 aliphatic heterocycles. The van der Waals surface area contributed by atoms with Crippen molar-refractivity contribution >= 4 is 23.4 Å². The van der Waals surface area contributed by atoms with Crippen LogP contribution in [0.5, 0.6) is 0 Å². The molecule has 3 heterocycles. The Morgan fingerprint density at radius 3 is 2.39 bits per heavy atom. The van der Waals surface area contributed by atoms with Crippen molar-refractivity contribution in [2.24, 2.45) is 4.99 Å². The first kappa shape index (κ1) is 23.8. The highest BCUT2D eigenvalue weighted by atomic mass is 32.1. The second kappa shape index (κ2) is 9.59. The first-order valence-electron chi connectivity index (χ1n) is 11.9. The molecule has 0 N–H and O–H groups in total. The Bertz CT molecular complexity index is 1660. The van der Waals surface area contributed by atoms with E-state index >= 15 is 0 Å². The number of aromatic nitrogens is 2. The second-order valence-electron chi connectivity index (χ2n) is 8.70. The average Bonchev–Trinajstić information content (AvgIpc) is 3.37. The Morgan fingerprint density at radius 1 is 1.08 bits per heavy atom. The molecule has 1 atom stereocenters. The zero-order valence-corrected chi connectivity index (χ0v) is 21.5. The van der Waals surface area contributed by atoms with Crippen molar-refractivity contribution in [3.05, 3.63) is 120 Å². The molecular weight excluding hydrogens is 470 g/mol. The molecule has 0 saturated carbocycles. The number of aryl methyl sites for hydroxylation is 1. The lowest BCUT2D eigenvalue weighted by Crippen LogP contribution is -2.40. The highest BCUT2D eigenvalue weighted by Crippen LogP contribution is 2.31. The summed E-state index contributed by atoms with van der Waals surface area (Å²) in [7, 11) is 1.36. The Morgan fingerprint density at radius 2 is 1.75 bits per heavy atom. The van der Waals surface area contributed by atoms with Gasteiger partial charge in [-0.05, 0) is 55.7 Å². The molecule has 6 nitrogen and oxygen atoms in total. The van der Waals surface area contributed by atoms with Crippen molar-refractivity contribution in [3.8, 4) is 5.69 Å². The van der Waals surface area contributed by atoms with E-state index < -0.39 is 12.0 Å². The third kappa shape index (κ3) is 3.95. The predicted octanol–water partition coefficient (Wildman–Crippen LogP) is 4.21. The van der Waals surface area contributed by atoms with Gasteiger partial charge in [0.15, 0.2) is 4.80 Å². The summed E-state index contributed by atoms with van der Waals surface area (Å²) >= 11 is 1.35. The van der Waals surface area contributed by atoms with Crippen LogP contribution < -0.4 is 14.9 Å². The molecule has 36 heavy (non-hydrogen) atoms. The molecule has 5 rings (SSSR count). The number of rotatable bonds is 5. The molecule has 0 amide bonds. The topological polar surface area (TPSA) is 65.6 Å².